The molecule has 1 unspecified atom stereocenters. The zero-order valence-electron chi connectivity index (χ0n) is 14.8. The van der Waals surface area contributed by atoms with Crippen LogP contribution in [0.1, 0.15) is 5.56 Å². The molecule has 0 saturated heterocycles. The number of thiazole rings is 1. The molecule has 0 fully saturated rings. The lowest BCUT2D eigenvalue weighted by molar-refractivity contribution is -0.356. The molecule has 0 aromatic carbocycles. The van der Waals surface area contributed by atoms with E-state index in [-0.39, 0.29) is 0 Å². The fraction of sp³-hybridized carbons (Fsp3) is 0.294. The summed E-state index contributed by atoms with van der Waals surface area (Å²) < 4.78 is 20.4. The first-order valence-electron chi connectivity index (χ1n) is 8.19. The van der Waals surface area contributed by atoms with Gasteiger partial charge < -0.3 is 10.5 Å². The van der Waals surface area contributed by atoms with E-state index in [1.54, 1.807) is 19.6 Å². The van der Waals surface area contributed by atoms with E-state index < -0.39 is 10.8 Å². The van der Waals surface area contributed by atoms with Gasteiger partial charge in [0.1, 0.15) is 19.7 Å². The fourth-order valence-corrected chi connectivity index (χ4v) is 6.08. The van der Waals surface area contributed by atoms with Crippen LogP contribution in [0.2, 0.25) is 0 Å². The smallest absolute Gasteiger partial charge is 0.280 e. The molecule has 0 radical (unpaired) electrons. The highest BCUT2D eigenvalue weighted by Gasteiger charge is 2.26. The van der Waals surface area contributed by atoms with Crippen molar-refractivity contribution < 1.29 is 13.5 Å². The van der Waals surface area contributed by atoms with Crippen LogP contribution in [-0.2, 0) is 15.5 Å². The number of fused-ring (bicyclic) bond motifs is 1. The quantitative estimate of drug-likeness (QED) is 0.617. The molecule has 1 aliphatic rings. The molecule has 140 valence electrons. The number of anilines is 1. The van der Waals surface area contributed by atoms with E-state index in [1.165, 1.54) is 22.7 Å². The normalized spacial score (nSPS) is 15.2. The summed E-state index contributed by atoms with van der Waals surface area (Å²) in [7, 11) is 2.33. The molecule has 4 heterocycles. The Hall–Kier alpha value is -2.01. The Bertz CT molecular complexity index is 1090. The third-order valence-electron chi connectivity index (χ3n) is 4.23. The van der Waals surface area contributed by atoms with Crippen molar-refractivity contribution in [2.45, 2.75) is 4.21 Å². The van der Waals surface area contributed by atoms with Gasteiger partial charge in [0.05, 0.1) is 35.9 Å². The lowest BCUT2D eigenvalue weighted by Gasteiger charge is -2.06. The molecule has 2 N–H and O–H groups in total. The second kappa shape index (κ2) is 7.55. The van der Waals surface area contributed by atoms with Gasteiger partial charge in [-0.1, -0.05) is 4.99 Å². The maximum Gasteiger partial charge on any atom is 0.280 e. The van der Waals surface area contributed by atoms with Crippen molar-refractivity contribution in [3.63, 3.8) is 0 Å². The van der Waals surface area contributed by atoms with Crippen LogP contribution in [0.4, 0.5) is 5.69 Å². The van der Waals surface area contributed by atoms with Gasteiger partial charge in [-0.2, -0.15) is 0 Å². The second-order valence-electron chi connectivity index (χ2n) is 5.93. The van der Waals surface area contributed by atoms with Gasteiger partial charge in [0.2, 0.25) is 0 Å². The summed E-state index contributed by atoms with van der Waals surface area (Å²) in [5.41, 5.74) is 9.77. The van der Waals surface area contributed by atoms with Gasteiger partial charge in [0.15, 0.2) is 12.3 Å². The van der Waals surface area contributed by atoms with Crippen LogP contribution >= 0.6 is 22.7 Å². The number of rotatable bonds is 6. The van der Waals surface area contributed by atoms with Crippen LogP contribution in [0.15, 0.2) is 26.8 Å². The Labute approximate surface area is 166 Å². The molecule has 0 amide bonds. The number of pyridine rings is 1. The molecular formula is C17H18N5O2S3+. The zero-order valence-corrected chi connectivity index (χ0v) is 17.3. The number of methoxy groups -OCH3 is 1. The third-order valence-corrected chi connectivity index (χ3v) is 7.90. The van der Waals surface area contributed by atoms with Crippen LogP contribution in [0, 0.1) is 0 Å². The van der Waals surface area contributed by atoms with Crippen molar-refractivity contribution in [1.29, 1.82) is 0 Å². The van der Waals surface area contributed by atoms with E-state index in [0.29, 0.717) is 28.8 Å². The van der Waals surface area contributed by atoms with Gasteiger partial charge in [-0.15, -0.1) is 22.7 Å². The average molecular weight is 421 g/mol. The Kier molecular flexibility index (Phi) is 5.13. The van der Waals surface area contributed by atoms with Crippen LogP contribution in [0.3, 0.4) is 0 Å². The van der Waals surface area contributed by atoms with E-state index in [9.17, 15) is 4.21 Å². The molecule has 0 saturated carbocycles. The molecule has 3 aromatic rings. The number of nitrogen functional groups attached to an aromatic ring is 1. The van der Waals surface area contributed by atoms with Gasteiger partial charge in [-0.3, -0.25) is 4.21 Å². The molecule has 0 bridgehead atoms. The number of nitrogens with two attached hydrogens (primary N) is 1. The van der Waals surface area contributed by atoms with E-state index in [2.05, 4.69) is 9.98 Å². The number of ether oxygens (including phenoxy) is 1. The molecule has 0 spiro atoms. The van der Waals surface area contributed by atoms with Crippen LogP contribution < -0.4 is 5.73 Å². The fourth-order valence-electron chi connectivity index (χ4n) is 2.91. The Balaban J connectivity index is 1.94. The lowest BCUT2D eigenvalue weighted by atomic mass is 10.1. The number of nitrogens with zero attached hydrogens (tertiary/aromatic N) is 4. The second-order valence-corrected chi connectivity index (χ2v) is 9.59. The van der Waals surface area contributed by atoms with Crippen molar-refractivity contribution in [2.24, 2.45) is 4.99 Å². The first-order chi connectivity index (χ1) is 13.1. The number of aliphatic imine (C=N–C) groups is 1. The van der Waals surface area contributed by atoms with Crippen molar-refractivity contribution in [3.8, 4) is 10.7 Å². The van der Waals surface area contributed by atoms with E-state index >= 15 is 0 Å². The molecule has 3 aromatic heterocycles. The van der Waals surface area contributed by atoms with E-state index in [0.717, 1.165) is 32.2 Å². The highest BCUT2D eigenvalue weighted by Crippen LogP contribution is 2.39. The lowest BCUT2D eigenvalue weighted by Crippen LogP contribution is -2.15. The summed E-state index contributed by atoms with van der Waals surface area (Å²) >= 11 is 2.91. The van der Waals surface area contributed by atoms with Gasteiger partial charge in [-0.05, 0) is 6.07 Å². The predicted molar refractivity (Wildman–Crippen MR) is 112 cm³/mol. The number of hydrogen-bond acceptors (Lipinski definition) is 8. The molecule has 27 heavy (non-hydrogen) atoms. The summed E-state index contributed by atoms with van der Waals surface area (Å²) in [5.74, 6) is 0.405. The number of aromatic nitrogens is 2. The Morgan fingerprint density at radius 3 is 2.96 bits per heavy atom. The van der Waals surface area contributed by atoms with Crippen molar-refractivity contribution in [2.75, 3.05) is 38.8 Å². The third kappa shape index (κ3) is 3.33. The van der Waals surface area contributed by atoms with Gasteiger partial charge in [0.25, 0.3) is 6.34 Å². The minimum absolute atomic E-state index is 0.405. The minimum Gasteiger partial charge on any atom is -0.396 e. The first kappa shape index (κ1) is 18.4. The average Bonchev–Trinajstić information content (AvgIpc) is 3.39. The number of thiophene rings is 1. The van der Waals surface area contributed by atoms with E-state index in [4.69, 9.17) is 15.5 Å². The van der Waals surface area contributed by atoms with Gasteiger partial charge in [0, 0.05) is 29.6 Å². The van der Waals surface area contributed by atoms with Crippen LogP contribution in [0.25, 0.3) is 20.9 Å². The van der Waals surface area contributed by atoms with E-state index in [1.807, 2.05) is 23.1 Å². The van der Waals surface area contributed by atoms with Crippen molar-refractivity contribution in [3.05, 3.63) is 23.2 Å². The van der Waals surface area contributed by atoms with Crippen LogP contribution in [-0.4, -0.2) is 63.9 Å². The summed E-state index contributed by atoms with van der Waals surface area (Å²) in [4.78, 5) is 14.3. The summed E-state index contributed by atoms with van der Waals surface area (Å²) in [6, 6.07) is 2.01. The topological polar surface area (TPSA) is 93.5 Å². The maximum absolute atomic E-state index is 12.7. The Morgan fingerprint density at radius 1 is 1.44 bits per heavy atom. The predicted octanol–water partition coefficient (Wildman–Crippen LogP) is 2.23. The summed E-state index contributed by atoms with van der Waals surface area (Å²) in [6.07, 6.45) is 3.56. The molecule has 10 heteroatoms. The molecule has 1 atom stereocenters. The number of hydrogen-bond donors (Lipinski definition) is 1. The highest BCUT2D eigenvalue weighted by atomic mass is 32.2. The molecule has 1 aliphatic heterocycles. The largest absolute Gasteiger partial charge is 0.396 e. The van der Waals surface area contributed by atoms with Crippen molar-refractivity contribution in [1.82, 2.24) is 9.97 Å². The summed E-state index contributed by atoms with van der Waals surface area (Å²) in [5, 5.41) is 3.61. The minimum atomic E-state index is -1.23. The molecule has 7 nitrogen and oxygen atoms in total. The monoisotopic (exact) mass is 420 g/mol. The molecule has 4 rings (SSSR count). The highest BCUT2D eigenvalue weighted by molar-refractivity contribution is 7.87. The van der Waals surface area contributed by atoms with Crippen LogP contribution in [0.5, 0.6) is 0 Å². The summed E-state index contributed by atoms with van der Waals surface area (Å²) in [6.45, 7) is 0.989. The van der Waals surface area contributed by atoms with Crippen molar-refractivity contribution >= 4 is 61.4 Å². The molecule has 0 aliphatic carbocycles. The Morgan fingerprint density at radius 2 is 2.30 bits per heavy atom. The standard InChI is InChI=1S/C17H18N5O2S3/c1-22-9-19-8-12(22)10-7-11(15-20-3-5-25-15)21-16-13(10)14(18)17(26-16)27(23)6-4-24-2/h3,5,7,9H,4,6,8,18H2,1-2H3/q+1. The van der Waals surface area contributed by atoms with Gasteiger partial charge >= 0.3 is 0 Å². The van der Waals surface area contributed by atoms with Gasteiger partial charge in [-0.25, -0.2) is 14.5 Å². The SMILES string of the molecule is COCCS(=O)c1sc2nc(-c3nccs3)cc(C3=[N+](C)C=NC3)c2c1N. The maximum atomic E-state index is 12.7. The molecular weight excluding hydrogens is 402 g/mol. The zero-order chi connectivity index (χ0) is 19.0. The first-order valence-corrected chi connectivity index (χ1v) is 11.2.